The van der Waals surface area contributed by atoms with Gasteiger partial charge in [-0.3, -0.25) is 4.79 Å². The molecule has 1 amide bonds. The van der Waals surface area contributed by atoms with Crippen LogP contribution in [-0.4, -0.2) is 52.6 Å². The molecule has 0 saturated heterocycles. The third kappa shape index (κ3) is 5.63. The van der Waals surface area contributed by atoms with Gasteiger partial charge >= 0.3 is 8.80 Å². The molecular weight excluding hydrogens is 238 g/mol. The lowest BCUT2D eigenvalue weighted by Gasteiger charge is -2.31. The van der Waals surface area contributed by atoms with Gasteiger partial charge in [0.15, 0.2) is 0 Å². The number of hydrogen-bond acceptors (Lipinski definition) is 4. The number of amides is 1. The van der Waals surface area contributed by atoms with Crippen LogP contribution in [0.15, 0.2) is 0 Å². The zero-order valence-corrected chi connectivity index (χ0v) is 12.6. The van der Waals surface area contributed by atoms with Gasteiger partial charge in [0.1, 0.15) is 0 Å². The molecule has 0 unspecified atom stereocenters. The fraction of sp³-hybridized carbons (Fsp3) is 0.909. The third-order valence-electron chi connectivity index (χ3n) is 2.25. The number of rotatable bonds is 9. The van der Waals surface area contributed by atoms with Gasteiger partial charge in [0.2, 0.25) is 5.91 Å². The van der Waals surface area contributed by atoms with Crippen LogP contribution in [0, 0.1) is 0 Å². The molecule has 0 rings (SSSR count). The van der Waals surface area contributed by atoms with Crippen LogP contribution in [-0.2, 0) is 18.1 Å². The Hall–Kier alpha value is -0.433. The van der Waals surface area contributed by atoms with Crippen LogP contribution in [0.5, 0.6) is 0 Å². The average molecular weight is 263 g/mol. The van der Waals surface area contributed by atoms with Gasteiger partial charge in [-0.05, 0) is 20.8 Å². The zero-order valence-electron chi connectivity index (χ0n) is 11.6. The average Bonchev–Trinajstić information content (AvgIpc) is 2.28. The molecule has 17 heavy (non-hydrogen) atoms. The maximum Gasteiger partial charge on any atom is 0.521 e. The highest BCUT2D eigenvalue weighted by Crippen LogP contribution is 2.12. The monoisotopic (exact) mass is 263 g/mol. The molecule has 0 saturated carbocycles. The van der Waals surface area contributed by atoms with Crippen LogP contribution in [0.1, 0.15) is 34.1 Å². The highest BCUT2D eigenvalue weighted by molar-refractivity contribution is 6.61. The highest BCUT2D eigenvalue weighted by atomic mass is 28.4. The molecule has 0 aromatic rings. The van der Waals surface area contributed by atoms with E-state index in [4.69, 9.17) is 13.3 Å². The summed E-state index contributed by atoms with van der Waals surface area (Å²) in [6, 6.07) is 0. The van der Waals surface area contributed by atoms with Crippen molar-refractivity contribution < 1.29 is 18.1 Å². The van der Waals surface area contributed by atoms with Crippen molar-refractivity contribution in [1.82, 2.24) is 4.90 Å². The minimum atomic E-state index is -2.73. The second-order valence-corrected chi connectivity index (χ2v) is 6.13. The van der Waals surface area contributed by atoms with Crippen LogP contribution in [0.25, 0.3) is 0 Å². The van der Waals surface area contributed by atoms with E-state index in [1.807, 2.05) is 27.7 Å². The maximum absolute atomic E-state index is 11.6. The minimum absolute atomic E-state index is 0.0704. The molecular formula is C11H25NO4Si. The molecule has 0 N–H and O–H groups in total. The zero-order chi connectivity index (χ0) is 13.3. The molecule has 0 aromatic heterocycles. The Morgan fingerprint density at radius 3 is 1.71 bits per heavy atom. The van der Waals surface area contributed by atoms with Crippen LogP contribution in [0.2, 0.25) is 0 Å². The van der Waals surface area contributed by atoms with E-state index in [0.717, 1.165) is 0 Å². The first-order valence-electron chi connectivity index (χ1n) is 6.21. The van der Waals surface area contributed by atoms with Crippen LogP contribution >= 0.6 is 0 Å². The molecule has 0 heterocycles. The van der Waals surface area contributed by atoms with Gasteiger partial charge in [-0.25, -0.2) is 0 Å². The smallest absolute Gasteiger partial charge is 0.373 e. The minimum Gasteiger partial charge on any atom is -0.373 e. The second-order valence-electron chi connectivity index (χ2n) is 3.59. The van der Waals surface area contributed by atoms with E-state index in [9.17, 15) is 4.79 Å². The van der Waals surface area contributed by atoms with Gasteiger partial charge in [-0.15, -0.1) is 0 Å². The molecule has 0 aliphatic carbocycles. The summed E-state index contributed by atoms with van der Waals surface area (Å²) in [5.74, 6) is 0.0704. The summed E-state index contributed by atoms with van der Waals surface area (Å²) in [5.41, 5.74) is 0. The SMILES string of the molecule is CCO[Si](CN(C)C(=O)CC)(OCC)OCC. The largest absolute Gasteiger partial charge is 0.521 e. The number of nitrogens with zero attached hydrogens (tertiary/aromatic N) is 1. The normalized spacial score (nSPS) is 11.6. The Kier molecular flexibility index (Phi) is 8.41. The summed E-state index contributed by atoms with van der Waals surface area (Å²) in [6.45, 7) is 9.13. The Labute approximate surface area is 105 Å². The van der Waals surface area contributed by atoms with E-state index in [1.54, 1.807) is 11.9 Å². The second kappa shape index (κ2) is 8.63. The van der Waals surface area contributed by atoms with Gasteiger partial charge in [-0.1, -0.05) is 6.92 Å². The van der Waals surface area contributed by atoms with E-state index >= 15 is 0 Å². The molecule has 0 aromatic carbocycles. The van der Waals surface area contributed by atoms with Crippen molar-refractivity contribution in [2.75, 3.05) is 33.0 Å². The molecule has 0 aliphatic heterocycles. The molecule has 0 atom stereocenters. The first kappa shape index (κ1) is 16.6. The molecule has 5 nitrogen and oxygen atoms in total. The lowest BCUT2D eigenvalue weighted by Crippen LogP contribution is -2.55. The Morgan fingerprint density at radius 1 is 1.00 bits per heavy atom. The van der Waals surface area contributed by atoms with E-state index in [2.05, 4.69) is 0 Å². The standard InChI is InChI=1S/C11H25NO4Si/c1-6-11(13)12(5)10-17(14-7-2,15-8-3)16-9-4/h6-10H2,1-5H3. The predicted octanol–water partition coefficient (Wildman–Crippen LogP) is 1.44. The number of hydrogen-bond donors (Lipinski definition) is 0. The lowest BCUT2D eigenvalue weighted by molar-refractivity contribution is -0.129. The van der Waals surface area contributed by atoms with E-state index in [-0.39, 0.29) is 5.91 Å². The first-order valence-corrected chi connectivity index (χ1v) is 8.14. The van der Waals surface area contributed by atoms with Crippen molar-refractivity contribution in [2.45, 2.75) is 34.1 Å². The molecule has 102 valence electrons. The van der Waals surface area contributed by atoms with Crippen LogP contribution in [0.4, 0.5) is 0 Å². The van der Waals surface area contributed by atoms with Crippen molar-refractivity contribution in [3.05, 3.63) is 0 Å². The summed E-state index contributed by atoms with van der Waals surface area (Å²) in [4.78, 5) is 13.2. The van der Waals surface area contributed by atoms with Crippen molar-refractivity contribution in [1.29, 1.82) is 0 Å². The van der Waals surface area contributed by atoms with Crippen LogP contribution in [0.3, 0.4) is 0 Å². The van der Waals surface area contributed by atoms with Crippen molar-refractivity contribution in [2.24, 2.45) is 0 Å². The molecule has 0 bridgehead atoms. The van der Waals surface area contributed by atoms with E-state index < -0.39 is 8.80 Å². The summed E-state index contributed by atoms with van der Waals surface area (Å²) in [6.07, 6.45) is 0.889. The molecule has 0 aliphatic rings. The Morgan fingerprint density at radius 2 is 1.41 bits per heavy atom. The fourth-order valence-electron chi connectivity index (χ4n) is 1.57. The Bertz CT molecular complexity index is 208. The van der Waals surface area contributed by atoms with Gasteiger partial charge in [0.25, 0.3) is 0 Å². The van der Waals surface area contributed by atoms with Gasteiger partial charge in [-0.2, -0.15) is 0 Å². The quantitative estimate of drug-likeness (QED) is 0.591. The van der Waals surface area contributed by atoms with Gasteiger partial charge in [0, 0.05) is 33.3 Å². The molecule has 0 radical (unpaired) electrons. The first-order chi connectivity index (χ1) is 8.05. The molecule has 6 heteroatoms. The number of carbonyl (C=O) groups is 1. The van der Waals surface area contributed by atoms with Crippen molar-refractivity contribution >= 4 is 14.7 Å². The lowest BCUT2D eigenvalue weighted by atomic mass is 10.4. The topological polar surface area (TPSA) is 48.0 Å². The van der Waals surface area contributed by atoms with E-state index in [1.165, 1.54) is 0 Å². The van der Waals surface area contributed by atoms with Crippen molar-refractivity contribution in [3.8, 4) is 0 Å². The van der Waals surface area contributed by atoms with Crippen LogP contribution < -0.4 is 0 Å². The summed E-state index contributed by atoms with van der Waals surface area (Å²) in [5, 5.41) is 0. The van der Waals surface area contributed by atoms with Crippen molar-refractivity contribution in [3.63, 3.8) is 0 Å². The fourth-order valence-corrected chi connectivity index (χ4v) is 4.17. The predicted molar refractivity (Wildman–Crippen MR) is 68.6 cm³/mol. The molecule has 0 fully saturated rings. The summed E-state index contributed by atoms with van der Waals surface area (Å²) >= 11 is 0. The Balaban J connectivity index is 4.68. The highest BCUT2D eigenvalue weighted by Gasteiger charge is 2.42. The number of carbonyl (C=O) groups excluding carboxylic acids is 1. The van der Waals surface area contributed by atoms with E-state index in [0.29, 0.717) is 32.4 Å². The summed E-state index contributed by atoms with van der Waals surface area (Å²) in [7, 11) is -0.978. The van der Waals surface area contributed by atoms with Gasteiger partial charge in [0.05, 0.1) is 6.17 Å². The van der Waals surface area contributed by atoms with Gasteiger partial charge < -0.3 is 18.2 Å². The summed E-state index contributed by atoms with van der Waals surface area (Å²) < 4.78 is 17.0. The maximum atomic E-state index is 11.6. The molecule has 0 spiro atoms. The third-order valence-corrected chi connectivity index (χ3v) is 5.30.